The highest BCUT2D eigenvalue weighted by Gasteiger charge is 2.23. The number of guanidine groups is 1. The summed E-state index contributed by atoms with van der Waals surface area (Å²) in [6.45, 7) is 12.9. The van der Waals surface area contributed by atoms with Crippen LogP contribution in [0.5, 0.6) is 0 Å². The van der Waals surface area contributed by atoms with Crippen LogP contribution in [0.3, 0.4) is 0 Å². The summed E-state index contributed by atoms with van der Waals surface area (Å²) >= 11 is 1.52. The maximum Gasteiger partial charge on any atom is 0.205 e. The summed E-state index contributed by atoms with van der Waals surface area (Å²) < 4.78 is 4.41. The minimum atomic E-state index is 0.732. The van der Waals surface area contributed by atoms with Gasteiger partial charge in [-0.15, -0.1) is 0 Å². The standard InChI is InChI=1S/C18H33N7S/c1-4-16-21-18(26-22-16)25-11-9-24(10-12-25)17(19-3)20-13-15-7-6-8-23(5-2)14-15/h15H,4-14H2,1-3H3,(H,19,20). The molecule has 2 fully saturated rings. The molecule has 0 aliphatic carbocycles. The van der Waals surface area contributed by atoms with Crippen LogP contribution in [0.25, 0.3) is 0 Å². The van der Waals surface area contributed by atoms with Crippen LogP contribution in [-0.2, 0) is 6.42 Å². The number of hydrogen-bond donors (Lipinski definition) is 1. The summed E-state index contributed by atoms with van der Waals surface area (Å²) in [5.41, 5.74) is 0. The van der Waals surface area contributed by atoms with E-state index in [4.69, 9.17) is 0 Å². The Balaban J connectivity index is 1.46. The number of aryl methyl sites for hydroxylation is 1. The van der Waals surface area contributed by atoms with E-state index in [1.54, 1.807) is 0 Å². The van der Waals surface area contributed by atoms with E-state index in [-0.39, 0.29) is 0 Å². The molecule has 1 unspecified atom stereocenters. The third-order valence-corrected chi connectivity index (χ3v) is 6.25. The fraction of sp³-hybridized carbons (Fsp3) is 0.833. The molecule has 0 spiro atoms. The average molecular weight is 380 g/mol. The highest BCUT2D eigenvalue weighted by atomic mass is 32.1. The number of likely N-dealkylation sites (tertiary alicyclic amines) is 1. The van der Waals surface area contributed by atoms with Crippen LogP contribution in [0, 0.1) is 5.92 Å². The van der Waals surface area contributed by atoms with Crippen LogP contribution < -0.4 is 10.2 Å². The van der Waals surface area contributed by atoms with Gasteiger partial charge in [-0.05, 0) is 31.8 Å². The van der Waals surface area contributed by atoms with Gasteiger partial charge in [0.05, 0.1) is 0 Å². The molecule has 26 heavy (non-hydrogen) atoms. The molecule has 8 heteroatoms. The first-order valence-electron chi connectivity index (χ1n) is 9.99. The number of hydrogen-bond acceptors (Lipinski definition) is 6. The Hall–Kier alpha value is -1.41. The lowest BCUT2D eigenvalue weighted by molar-refractivity contribution is 0.182. The van der Waals surface area contributed by atoms with Crippen molar-refractivity contribution in [2.45, 2.75) is 33.1 Å². The predicted octanol–water partition coefficient (Wildman–Crippen LogP) is 1.53. The van der Waals surface area contributed by atoms with Gasteiger partial charge < -0.3 is 20.0 Å². The van der Waals surface area contributed by atoms with E-state index in [0.29, 0.717) is 0 Å². The molecule has 0 radical (unpaired) electrons. The summed E-state index contributed by atoms with van der Waals surface area (Å²) in [5, 5.41) is 4.69. The van der Waals surface area contributed by atoms with Crippen molar-refractivity contribution in [3.8, 4) is 0 Å². The summed E-state index contributed by atoms with van der Waals surface area (Å²) in [7, 11) is 1.90. The van der Waals surface area contributed by atoms with Crippen LogP contribution in [0.4, 0.5) is 5.13 Å². The second kappa shape index (κ2) is 9.50. The Morgan fingerprint density at radius 3 is 2.69 bits per heavy atom. The number of nitrogens with one attached hydrogen (secondary N) is 1. The molecule has 146 valence electrons. The summed E-state index contributed by atoms with van der Waals surface area (Å²) in [5.74, 6) is 2.74. The van der Waals surface area contributed by atoms with E-state index in [0.717, 1.165) is 62.0 Å². The summed E-state index contributed by atoms with van der Waals surface area (Å²) in [4.78, 5) is 16.4. The zero-order valence-electron chi connectivity index (χ0n) is 16.4. The van der Waals surface area contributed by atoms with Crippen LogP contribution in [-0.4, -0.2) is 84.5 Å². The second-order valence-corrected chi connectivity index (χ2v) is 7.88. The Kier molecular flexibility index (Phi) is 7.07. The number of aliphatic imine (C=N–C) groups is 1. The molecule has 1 atom stereocenters. The van der Waals surface area contributed by atoms with Crippen molar-refractivity contribution in [3.05, 3.63) is 5.82 Å². The van der Waals surface area contributed by atoms with Gasteiger partial charge >= 0.3 is 0 Å². The van der Waals surface area contributed by atoms with Gasteiger partial charge in [0.15, 0.2) is 5.96 Å². The topological polar surface area (TPSA) is 59.9 Å². The highest BCUT2D eigenvalue weighted by molar-refractivity contribution is 7.09. The zero-order chi connectivity index (χ0) is 18.4. The lowest BCUT2D eigenvalue weighted by atomic mass is 9.98. The number of aromatic nitrogens is 2. The lowest BCUT2D eigenvalue weighted by Gasteiger charge is -2.37. The molecule has 1 aromatic rings. The van der Waals surface area contributed by atoms with Crippen LogP contribution in [0.2, 0.25) is 0 Å². The Bertz CT molecular complexity index is 580. The van der Waals surface area contributed by atoms with Gasteiger partial charge in [0.2, 0.25) is 5.13 Å². The number of rotatable bonds is 5. The molecule has 0 amide bonds. The Morgan fingerprint density at radius 2 is 2.04 bits per heavy atom. The third kappa shape index (κ3) is 4.85. The van der Waals surface area contributed by atoms with E-state index >= 15 is 0 Å². The van der Waals surface area contributed by atoms with Gasteiger partial charge in [0, 0.05) is 64.3 Å². The van der Waals surface area contributed by atoms with Gasteiger partial charge in [-0.1, -0.05) is 13.8 Å². The molecular formula is C18H33N7S. The lowest BCUT2D eigenvalue weighted by Crippen LogP contribution is -2.53. The molecule has 0 saturated carbocycles. The van der Waals surface area contributed by atoms with Gasteiger partial charge in [-0.25, -0.2) is 4.98 Å². The summed E-state index contributed by atoms with van der Waals surface area (Å²) in [6.07, 6.45) is 3.55. The molecule has 3 heterocycles. The Labute approximate surface area is 161 Å². The van der Waals surface area contributed by atoms with Crippen molar-refractivity contribution < 1.29 is 0 Å². The number of piperidine rings is 1. The van der Waals surface area contributed by atoms with Crippen molar-refractivity contribution in [3.63, 3.8) is 0 Å². The van der Waals surface area contributed by atoms with Crippen LogP contribution in [0.15, 0.2) is 4.99 Å². The molecule has 3 rings (SSSR count). The molecule has 2 aliphatic rings. The second-order valence-electron chi connectivity index (χ2n) is 7.15. The molecule has 0 bridgehead atoms. The van der Waals surface area contributed by atoms with E-state index in [1.165, 1.54) is 44.0 Å². The van der Waals surface area contributed by atoms with Crippen molar-refractivity contribution in [1.29, 1.82) is 0 Å². The minimum absolute atomic E-state index is 0.732. The van der Waals surface area contributed by atoms with Crippen molar-refractivity contribution in [2.75, 3.05) is 64.3 Å². The first-order chi connectivity index (χ1) is 12.7. The molecule has 7 nitrogen and oxygen atoms in total. The van der Waals surface area contributed by atoms with Crippen molar-refractivity contribution in [2.24, 2.45) is 10.9 Å². The SMILES string of the molecule is CCc1nsc(N2CCN(C(=NC)NCC3CCCN(CC)C3)CC2)n1. The third-order valence-electron chi connectivity index (χ3n) is 5.43. The van der Waals surface area contributed by atoms with Crippen LogP contribution in [0.1, 0.15) is 32.5 Å². The molecule has 0 aromatic carbocycles. The van der Waals surface area contributed by atoms with Crippen molar-refractivity contribution >= 4 is 22.6 Å². The normalized spacial score (nSPS) is 22.7. The number of nitrogens with zero attached hydrogens (tertiary/aromatic N) is 6. The number of anilines is 1. The average Bonchev–Trinajstić information content (AvgIpc) is 3.18. The fourth-order valence-electron chi connectivity index (χ4n) is 3.80. The molecule has 1 aromatic heterocycles. The number of piperazine rings is 1. The van der Waals surface area contributed by atoms with Crippen LogP contribution >= 0.6 is 11.5 Å². The smallest absolute Gasteiger partial charge is 0.205 e. The minimum Gasteiger partial charge on any atom is -0.356 e. The van der Waals surface area contributed by atoms with Crippen molar-refractivity contribution in [1.82, 2.24) is 24.5 Å². The van der Waals surface area contributed by atoms with E-state index < -0.39 is 0 Å². The quantitative estimate of drug-likeness (QED) is 0.618. The maximum absolute atomic E-state index is 4.62. The van der Waals surface area contributed by atoms with E-state index in [2.05, 4.69) is 48.2 Å². The first kappa shape index (κ1) is 19.4. The highest BCUT2D eigenvalue weighted by Crippen LogP contribution is 2.19. The van der Waals surface area contributed by atoms with Gasteiger partial charge in [-0.2, -0.15) is 4.37 Å². The van der Waals surface area contributed by atoms with Gasteiger partial charge in [0.1, 0.15) is 5.82 Å². The van der Waals surface area contributed by atoms with Gasteiger partial charge in [0.25, 0.3) is 0 Å². The zero-order valence-corrected chi connectivity index (χ0v) is 17.3. The molecule has 1 N–H and O–H groups in total. The maximum atomic E-state index is 4.62. The fourth-order valence-corrected chi connectivity index (χ4v) is 4.60. The van der Waals surface area contributed by atoms with E-state index in [9.17, 15) is 0 Å². The molecule has 2 aliphatic heterocycles. The summed E-state index contributed by atoms with van der Waals surface area (Å²) in [6, 6.07) is 0. The van der Waals surface area contributed by atoms with E-state index in [1.807, 2.05) is 7.05 Å². The Morgan fingerprint density at radius 1 is 1.23 bits per heavy atom. The molecular weight excluding hydrogens is 346 g/mol. The van der Waals surface area contributed by atoms with Gasteiger partial charge in [-0.3, -0.25) is 4.99 Å². The first-order valence-corrected chi connectivity index (χ1v) is 10.8. The largest absolute Gasteiger partial charge is 0.356 e. The predicted molar refractivity (Wildman–Crippen MR) is 109 cm³/mol. The monoisotopic (exact) mass is 379 g/mol. The molecule has 2 saturated heterocycles.